The quantitative estimate of drug-likeness (QED) is 0.888. The van der Waals surface area contributed by atoms with Crippen molar-refractivity contribution in [2.24, 2.45) is 11.8 Å². The van der Waals surface area contributed by atoms with E-state index >= 15 is 0 Å². The van der Waals surface area contributed by atoms with E-state index in [9.17, 15) is 14.3 Å². The van der Waals surface area contributed by atoms with Gasteiger partial charge in [0.25, 0.3) is 5.91 Å². The fraction of sp³-hybridized carbons (Fsp3) is 0.364. The third-order valence-corrected chi connectivity index (χ3v) is 6.02. The van der Waals surface area contributed by atoms with Crippen molar-refractivity contribution in [2.45, 2.75) is 24.9 Å². The largest absolute Gasteiger partial charge is 0.385 e. The Kier molecular flexibility index (Phi) is 4.45. The molecular weight excluding hydrogens is 343 g/mol. The lowest BCUT2D eigenvalue weighted by atomic mass is 9.67. The molecule has 2 aromatic rings. The summed E-state index contributed by atoms with van der Waals surface area (Å²) in [6.45, 7) is 0.990. The Bertz CT molecular complexity index is 908. The molecule has 1 heterocycles. The van der Waals surface area contributed by atoms with Crippen LogP contribution >= 0.6 is 0 Å². The molecule has 0 bridgehead atoms. The maximum absolute atomic E-state index is 13.7. The first-order valence-electron chi connectivity index (χ1n) is 9.29. The number of aliphatic hydroxyl groups is 1. The van der Waals surface area contributed by atoms with Gasteiger partial charge in [0.05, 0.1) is 17.2 Å². The van der Waals surface area contributed by atoms with Crippen molar-refractivity contribution in [3.05, 3.63) is 71.0 Å². The summed E-state index contributed by atoms with van der Waals surface area (Å²) in [6, 6.07) is 15.3. The first-order valence-corrected chi connectivity index (χ1v) is 9.29. The maximum atomic E-state index is 13.7. The van der Waals surface area contributed by atoms with Gasteiger partial charge in [-0.15, -0.1) is 0 Å². The van der Waals surface area contributed by atoms with Gasteiger partial charge < -0.3 is 10.0 Å². The van der Waals surface area contributed by atoms with Crippen LogP contribution in [0, 0.1) is 29.0 Å². The van der Waals surface area contributed by atoms with Gasteiger partial charge in [-0.2, -0.15) is 5.26 Å². The molecule has 4 nitrogen and oxygen atoms in total. The van der Waals surface area contributed by atoms with Gasteiger partial charge in [0.1, 0.15) is 5.82 Å². The lowest BCUT2D eigenvalue weighted by molar-refractivity contribution is -0.0644. The lowest BCUT2D eigenvalue weighted by Crippen LogP contribution is -2.42. The summed E-state index contributed by atoms with van der Waals surface area (Å²) >= 11 is 0. The minimum Gasteiger partial charge on any atom is -0.385 e. The number of rotatable bonds is 2. The molecule has 1 aliphatic heterocycles. The van der Waals surface area contributed by atoms with Crippen LogP contribution < -0.4 is 0 Å². The van der Waals surface area contributed by atoms with E-state index in [-0.39, 0.29) is 28.9 Å². The lowest BCUT2D eigenvalue weighted by Gasteiger charge is -2.41. The third-order valence-electron chi connectivity index (χ3n) is 6.02. The molecule has 1 aliphatic carbocycles. The highest BCUT2D eigenvalue weighted by molar-refractivity contribution is 5.94. The van der Waals surface area contributed by atoms with Gasteiger partial charge in [-0.1, -0.05) is 30.3 Å². The molecular formula is C22H21FN2O2. The van der Waals surface area contributed by atoms with Crippen LogP contribution in [0.1, 0.15) is 40.7 Å². The molecule has 1 amide bonds. The van der Waals surface area contributed by atoms with E-state index in [0.717, 1.165) is 24.5 Å². The zero-order chi connectivity index (χ0) is 19.0. The topological polar surface area (TPSA) is 64.3 Å². The molecule has 0 spiro atoms. The van der Waals surface area contributed by atoms with Crippen LogP contribution in [0.2, 0.25) is 0 Å². The summed E-state index contributed by atoms with van der Waals surface area (Å²) < 4.78 is 13.7. The molecule has 2 fully saturated rings. The Morgan fingerprint density at radius 2 is 2.00 bits per heavy atom. The van der Waals surface area contributed by atoms with Crippen LogP contribution in [0.25, 0.3) is 0 Å². The molecule has 1 saturated carbocycles. The van der Waals surface area contributed by atoms with Crippen LogP contribution in [0.3, 0.4) is 0 Å². The van der Waals surface area contributed by atoms with Crippen LogP contribution in [-0.4, -0.2) is 29.0 Å². The molecule has 3 atom stereocenters. The number of nitrogens with zero attached hydrogens (tertiary/aromatic N) is 2. The van der Waals surface area contributed by atoms with E-state index < -0.39 is 11.4 Å². The summed E-state index contributed by atoms with van der Waals surface area (Å²) in [6.07, 6.45) is 2.56. The van der Waals surface area contributed by atoms with E-state index in [4.69, 9.17) is 5.26 Å². The normalized spacial score (nSPS) is 27.1. The molecule has 1 saturated heterocycles. The molecule has 2 aromatic carbocycles. The molecule has 27 heavy (non-hydrogen) atoms. The third kappa shape index (κ3) is 3.11. The molecule has 1 N–H and O–H groups in total. The standard InChI is InChI=1S/C22H21FN2O2/c23-19-10-15(12-24)9-17(11-19)21(26)25-13-16-5-4-8-22(27,20(16)14-25)18-6-2-1-3-7-18/h1-3,6-7,9-11,16,20,27H,4-5,8,13-14H2/t16-,20+,22+/m0/s1. The van der Waals surface area contributed by atoms with Crippen LogP contribution in [0.15, 0.2) is 48.5 Å². The number of nitriles is 1. The van der Waals surface area contributed by atoms with E-state index in [2.05, 4.69) is 0 Å². The second kappa shape index (κ2) is 6.79. The molecule has 2 aliphatic rings. The van der Waals surface area contributed by atoms with Gasteiger partial charge in [0, 0.05) is 24.6 Å². The fourth-order valence-corrected chi connectivity index (χ4v) is 4.74. The van der Waals surface area contributed by atoms with Gasteiger partial charge >= 0.3 is 0 Å². The second-order valence-corrected chi connectivity index (χ2v) is 7.60. The first-order chi connectivity index (χ1) is 13.0. The van der Waals surface area contributed by atoms with E-state index in [0.29, 0.717) is 19.5 Å². The number of hydrogen-bond acceptors (Lipinski definition) is 3. The van der Waals surface area contributed by atoms with Crippen LogP contribution in [-0.2, 0) is 5.60 Å². The number of amides is 1. The monoisotopic (exact) mass is 364 g/mol. The highest BCUT2D eigenvalue weighted by Crippen LogP contribution is 2.48. The Morgan fingerprint density at radius 3 is 2.74 bits per heavy atom. The number of benzene rings is 2. The number of carbonyl (C=O) groups is 1. The average Bonchev–Trinajstić information content (AvgIpc) is 3.13. The summed E-state index contributed by atoms with van der Waals surface area (Å²) in [5.41, 5.74) is 0.273. The van der Waals surface area contributed by atoms with Crippen LogP contribution in [0.5, 0.6) is 0 Å². The van der Waals surface area contributed by atoms with Gasteiger partial charge in [-0.3, -0.25) is 4.79 Å². The van der Waals surface area contributed by atoms with E-state index in [1.165, 1.54) is 12.1 Å². The van der Waals surface area contributed by atoms with Gasteiger partial charge in [-0.25, -0.2) is 4.39 Å². The maximum Gasteiger partial charge on any atom is 0.254 e. The van der Waals surface area contributed by atoms with Crippen LogP contribution in [0.4, 0.5) is 4.39 Å². The predicted octanol–water partition coefficient (Wildman–Crippen LogP) is 3.46. The Hall–Kier alpha value is -2.71. The predicted molar refractivity (Wildman–Crippen MR) is 98.2 cm³/mol. The Morgan fingerprint density at radius 1 is 1.22 bits per heavy atom. The zero-order valence-corrected chi connectivity index (χ0v) is 14.9. The van der Waals surface area contributed by atoms with E-state index in [1.807, 2.05) is 36.4 Å². The zero-order valence-electron chi connectivity index (χ0n) is 14.9. The summed E-state index contributed by atoms with van der Waals surface area (Å²) in [4.78, 5) is 14.6. The summed E-state index contributed by atoms with van der Waals surface area (Å²) in [7, 11) is 0. The van der Waals surface area contributed by atoms with Crippen molar-refractivity contribution in [2.75, 3.05) is 13.1 Å². The molecule has 0 radical (unpaired) electrons. The number of halogens is 1. The van der Waals surface area contributed by atoms with Gasteiger partial charge in [0.2, 0.25) is 0 Å². The fourth-order valence-electron chi connectivity index (χ4n) is 4.74. The highest BCUT2D eigenvalue weighted by atomic mass is 19.1. The summed E-state index contributed by atoms with van der Waals surface area (Å²) in [5, 5.41) is 20.5. The Balaban J connectivity index is 1.61. The van der Waals surface area contributed by atoms with Crippen molar-refractivity contribution >= 4 is 5.91 Å². The number of fused-ring (bicyclic) bond motifs is 1. The second-order valence-electron chi connectivity index (χ2n) is 7.60. The molecule has 5 heteroatoms. The highest BCUT2D eigenvalue weighted by Gasteiger charge is 2.50. The number of carbonyl (C=O) groups excluding carboxylic acids is 1. The minimum atomic E-state index is -0.945. The smallest absolute Gasteiger partial charge is 0.254 e. The first kappa shape index (κ1) is 17.7. The van der Waals surface area contributed by atoms with E-state index in [1.54, 1.807) is 4.90 Å². The van der Waals surface area contributed by atoms with Gasteiger partial charge in [-0.05, 0) is 48.9 Å². The van der Waals surface area contributed by atoms with Crippen molar-refractivity contribution in [1.82, 2.24) is 4.90 Å². The van der Waals surface area contributed by atoms with Crippen molar-refractivity contribution < 1.29 is 14.3 Å². The molecule has 4 rings (SSSR count). The molecule has 0 aromatic heterocycles. The minimum absolute atomic E-state index is 0.0402. The average molecular weight is 364 g/mol. The number of likely N-dealkylation sites (tertiary alicyclic amines) is 1. The van der Waals surface area contributed by atoms with Crippen molar-refractivity contribution in [1.29, 1.82) is 5.26 Å². The Labute approximate surface area is 157 Å². The number of hydrogen-bond donors (Lipinski definition) is 1. The van der Waals surface area contributed by atoms with Gasteiger partial charge in [0.15, 0.2) is 0 Å². The van der Waals surface area contributed by atoms with Crippen molar-refractivity contribution in [3.63, 3.8) is 0 Å². The molecule has 138 valence electrons. The SMILES string of the molecule is N#Cc1cc(F)cc(C(=O)N2C[C@@H]3CCC[C@@](O)(c4ccccc4)[C@@H]3C2)c1. The summed E-state index contributed by atoms with van der Waals surface area (Å²) in [5.74, 6) is -0.691. The van der Waals surface area contributed by atoms with Crippen molar-refractivity contribution in [3.8, 4) is 6.07 Å². The molecule has 0 unspecified atom stereocenters.